The molecule has 1 aliphatic rings. The molecule has 0 heterocycles. The Morgan fingerprint density at radius 3 is 2.12 bits per heavy atom. The van der Waals surface area contributed by atoms with Gasteiger partial charge in [-0.1, -0.05) is 109 Å². The maximum Gasteiger partial charge on any atom is 0.0131 e. The maximum absolute atomic E-state index is 2.43. The first-order valence-electron chi connectivity index (χ1n) is 11.4. The van der Waals surface area contributed by atoms with Crippen LogP contribution in [0, 0.1) is 0 Å². The van der Waals surface area contributed by atoms with Gasteiger partial charge >= 0.3 is 0 Å². The summed E-state index contributed by atoms with van der Waals surface area (Å²) in [6.07, 6.45) is 3.48. The highest BCUT2D eigenvalue weighted by atomic mass is 14.2. The van der Waals surface area contributed by atoms with Crippen molar-refractivity contribution >= 4 is 38.4 Å². The van der Waals surface area contributed by atoms with E-state index in [9.17, 15) is 0 Å². The zero-order valence-corrected chi connectivity index (χ0v) is 17.8. The van der Waals surface area contributed by atoms with E-state index in [1.54, 1.807) is 0 Å². The van der Waals surface area contributed by atoms with Crippen molar-refractivity contribution in [2.24, 2.45) is 0 Å². The Hall–Kier alpha value is -3.90. The van der Waals surface area contributed by atoms with Crippen molar-refractivity contribution in [3.05, 3.63) is 126 Å². The highest BCUT2D eigenvalue weighted by Gasteiger charge is 2.21. The molecule has 6 aromatic carbocycles. The van der Waals surface area contributed by atoms with Crippen molar-refractivity contribution in [3.8, 4) is 11.1 Å². The van der Waals surface area contributed by atoms with Crippen LogP contribution >= 0.6 is 0 Å². The van der Waals surface area contributed by atoms with E-state index in [2.05, 4.69) is 115 Å². The van der Waals surface area contributed by atoms with E-state index in [1.807, 2.05) is 0 Å². The molecule has 0 saturated carbocycles. The Balaban J connectivity index is 1.37. The second-order valence-corrected chi connectivity index (χ2v) is 8.94. The van der Waals surface area contributed by atoms with Gasteiger partial charge < -0.3 is 0 Å². The van der Waals surface area contributed by atoms with Gasteiger partial charge in [0.25, 0.3) is 0 Å². The van der Waals surface area contributed by atoms with Crippen molar-refractivity contribution in [2.75, 3.05) is 0 Å². The normalized spacial score (nSPS) is 15.3. The SMILES string of the molecule is C1=c2ccc3cccc4ccc(c2c43)C(c2ccc3cc(-c4ccccc4)ccc3c2)C1. The van der Waals surface area contributed by atoms with Crippen LogP contribution in [-0.4, -0.2) is 0 Å². The average molecular weight is 407 g/mol. The third kappa shape index (κ3) is 2.63. The zero-order valence-electron chi connectivity index (χ0n) is 17.8. The molecule has 0 aliphatic heterocycles. The number of hydrogen-bond donors (Lipinski definition) is 0. The van der Waals surface area contributed by atoms with Gasteiger partial charge in [0.2, 0.25) is 0 Å². The second-order valence-electron chi connectivity index (χ2n) is 8.94. The van der Waals surface area contributed by atoms with E-state index in [4.69, 9.17) is 0 Å². The van der Waals surface area contributed by atoms with Crippen LogP contribution in [0.5, 0.6) is 0 Å². The molecular formula is C32H22. The molecule has 0 saturated heterocycles. The van der Waals surface area contributed by atoms with Gasteiger partial charge in [-0.25, -0.2) is 0 Å². The summed E-state index contributed by atoms with van der Waals surface area (Å²) >= 11 is 0. The molecule has 150 valence electrons. The number of benzene rings is 6. The third-order valence-electron chi connectivity index (χ3n) is 7.16. The molecule has 0 amide bonds. The summed E-state index contributed by atoms with van der Waals surface area (Å²) in [5.74, 6) is 0.399. The minimum atomic E-state index is 0.399. The fourth-order valence-electron chi connectivity index (χ4n) is 5.58. The predicted octanol–water partition coefficient (Wildman–Crippen LogP) is 7.85. The highest BCUT2D eigenvalue weighted by molar-refractivity contribution is 6.12. The molecule has 6 aromatic rings. The molecule has 0 heteroatoms. The van der Waals surface area contributed by atoms with Crippen LogP contribution in [-0.2, 0) is 0 Å². The number of hydrogen-bond acceptors (Lipinski definition) is 0. The fourth-order valence-corrected chi connectivity index (χ4v) is 5.58. The average Bonchev–Trinajstić information content (AvgIpc) is 2.87. The third-order valence-corrected chi connectivity index (χ3v) is 7.16. The van der Waals surface area contributed by atoms with E-state index in [0.717, 1.165) is 6.42 Å². The van der Waals surface area contributed by atoms with Gasteiger partial charge in [0.05, 0.1) is 0 Å². The minimum Gasteiger partial charge on any atom is -0.0757 e. The van der Waals surface area contributed by atoms with Crippen molar-refractivity contribution in [1.29, 1.82) is 0 Å². The molecular weight excluding hydrogens is 384 g/mol. The lowest BCUT2D eigenvalue weighted by atomic mass is 9.80. The van der Waals surface area contributed by atoms with E-state index in [0.29, 0.717) is 5.92 Å². The number of rotatable bonds is 2. The van der Waals surface area contributed by atoms with Crippen molar-refractivity contribution in [1.82, 2.24) is 0 Å². The van der Waals surface area contributed by atoms with E-state index in [1.165, 1.54) is 59.8 Å². The summed E-state index contributed by atoms with van der Waals surface area (Å²) in [6.45, 7) is 0. The molecule has 0 aromatic heterocycles. The maximum atomic E-state index is 2.43. The lowest BCUT2D eigenvalue weighted by molar-refractivity contribution is 0.855. The van der Waals surface area contributed by atoms with Gasteiger partial charge in [-0.05, 0) is 72.3 Å². The first-order valence-corrected chi connectivity index (χ1v) is 11.4. The standard InChI is InChI=1S/C32H22/c1-2-5-21(6-3-1)25-11-12-27-20-28(14-13-26(27)19-25)29-17-15-24-10-9-22-7-4-8-23-16-18-30(29)32(24)31(22)23/h1-16,18-20,29H,17H2. The lowest BCUT2D eigenvalue weighted by Crippen LogP contribution is -2.14. The smallest absolute Gasteiger partial charge is 0.0131 e. The summed E-state index contributed by atoms with van der Waals surface area (Å²) in [7, 11) is 0. The summed E-state index contributed by atoms with van der Waals surface area (Å²) in [5, 5.41) is 9.52. The molecule has 0 radical (unpaired) electrons. The molecule has 0 fully saturated rings. The molecule has 1 atom stereocenters. The first-order chi connectivity index (χ1) is 15.8. The quantitative estimate of drug-likeness (QED) is 0.275. The topological polar surface area (TPSA) is 0 Å². The zero-order chi connectivity index (χ0) is 21.1. The summed E-state index contributed by atoms with van der Waals surface area (Å²) in [4.78, 5) is 0. The molecule has 7 rings (SSSR count). The Kier molecular flexibility index (Phi) is 3.77. The van der Waals surface area contributed by atoms with E-state index >= 15 is 0 Å². The van der Waals surface area contributed by atoms with Crippen LogP contribution in [0.2, 0.25) is 0 Å². The molecule has 1 aliphatic carbocycles. The molecule has 0 nitrogen and oxygen atoms in total. The van der Waals surface area contributed by atoms with Gasteiger partial charge in [-0.3, -0.25) is 0 Å². The number of fused-ring (bicyclic) bond motifs is 1. The first kappa shape index (κ1) is 17.7. The second kappa shape index (κ2) is 6.80. The van der Waals surface area contributed by atoms with Crippen LogP contribution in [0.1, 0.15) is 23.5 Å². The van der Waals surface area contributed by atoms with Crippen molar-refractivity contribution in [3.63, 3.8) is 0 Å². The van der Waals surface area contributed by atoms with Crippen LogP contribution in [0.4, 0.5) is 0 Å². The predicted molar refractivity (Wildman–Crippen MR) is 137 cm³/mol. The van der Waals surface area contributed by atoms with Gasteiger partial charge in [0.1, 0.15) is 0 Å². The summed E-state index contributed by atoms with van der Waals surface area (Å²) < 4.78 is 0. The Morgan fingerprint density at radius 2 is 1.25 bits per heavy atom. The lowest BCUT2D eigenvalue weighted by Gasteiger charge is -2.24. The van der Waals surface area contributed by atoms with Crippen LogP contribution < -0.4 is 5.22 Å². The summed E-state index contributed by atoms with van der Waals surface area (Å²) in [5.41, 5.74) is 5.41. The van der Waals surface area contributed by atoms with Gasteiger partial charge in [-0.15, -0.1) is 0 Å². The van der Waals surface area contributed by atoms with E-state index in [-0.39, 0.29) is 0 Å². The molecule has 0 N–H and O–H groups in total. The van der Waals surface area contributed by atoms with Crippen molar-refractivity contribution in [2.45, 2.75) is 12.3 Å². The van der Waals surface area contributed by atoms with Crippen LogP contribution in [0.3, 0.4) is 0 Å². The molecule has 0 bridgehead atoms. The van der Waals surface area contributed by atoms with E-state index < -0.39 is 0 Å². The van der Waals surface area contributed by atoms with Crippen LogP contribution in [0.15, 0.2) is 109 Å². The summed E-state index contributed by atoms with van der Waals surface area (Å²) in [6, 6.07) is 40.4. The highest BCUT2D eigenvalue weighted by Crippen LogP contribution is 2.39. The van der Waals surface area contributed by atoms with Gasteiger partial charge in [0.15, 0.2) is 0 Å². The van der Waals surface area contributed by atoms with Gasteiger partial charge in [-0.2, -0.15) is 0 Å². The Labute approximate surface area is 187 Å². The largest absolute Gasteiger partial charge is 0.0757 e. The fraction of sp³-hybridized carbons (Fsp3) is 0.0625. The van der Waals surface area contributed by atoms with Crippen molar-refractivity contribution < 1.29 is 0 Å². The monoisotopic (exact) mass is 406 g/mol. The molecule has 0 spiro atoms. The van der Waals surface area contributed by atoms with Gasteiger partial charge in [0, 0.05) is 5.92 Å². The van der Waals surface area contributed by atoms with Crippen LogP contribution in [0.25, 0.3) is 49.5 Å². The minimum absolute atomic E-state index is 0.399. The molecule has 32 heavy (non-hydrogen) atoms. The Bertz CT molecular complexity index is 1670. The Morgan fingerprint density at radius 1 is 0.500 bits per heavy atom. The molecule has 1 unspecified atom stereocenters.